The first-order chi connectivity index (χ1) is 18.4. The second-order valence-corrected chi connectivity index (χ2v) is 8.64. The van der Waals surface area contributed by atoms with Crippen LogP contribution in [0.2, 0.25) is 0 Å². The van der Waals surface area contributed by atoms with Gasteiger partial charge in [0.1, 0.15) is 5.84 Å². The number of amidine groups is 1. The van der Waals surface area contributed by atoms with E-state index < -0.39 is 0 Å². The lowest BCUT2D eigenvalue weighted by molar-refractivity contribution is 0.0950. The van der Waals surface area contributed by atoms with Crippen LogP contribution in [0.1, 0.15) is 57.7 Å². The van der Waals surface area contributed by atoms with Crippen LogP contribution in [0.15, 0.2) is 95.0 Å². The fourth-order valence-electron chi connectivity index (χ4n) is 4.00. The third-order valence-electron chi connectivity index (χ3n) is 6.00. The average Bonchev–Trinajstić information content (AvgIpc) is 2.95. The summed E-state index contributed by atoms with van der Waals surface area (Å²) >= 11 is 0. The highest BCUT2D eigenvalue weighted by atomic mass is 16.1. The van der Waals surface area contributed by atoms with Crippen molar-refractivity contribution >= 4 is 11.7 Å². The molecule has 7 heteroatoms. The second kappa shape index (κ2) is 13.7. The summed E-state index contributed by atoms with van der Waals surface area (Å²) in [5, 5.41) is 2.98. The number of hydrogen-bond acceptors (Lipinski definition) is 4. The van der Waals surface area contributed by atoms with E-state index in [1.807, 2.05) is 75.4 Å². The fourth-order valence-corrected chi connectivity index (χ4v) is 4.00. The lowest BCUT2D eigenvalue weighted by Gasteiger charge is -2.10. The molecule has 7 nitrogen and oxygen atoms in total. The molecule has 38 heavy (non-hydrogen) atoms. The smallest absolute Gasteiger partial charge is 0.251 e. The number of amides is 1. The van der Waals surface area contributed by atoms with Crippen LogP contribution in [0.4, 0.5) is 0 Å². The van der Waals surface area contributed by atoms with Crippen molar-refractivity contribution in [1.29, 1.82) is 0 Å². The van der Waals surface area contributed by atoms with Crippen LogP contribution in [0.5, 0.6) is 0 Å². The molecular weight excluding hydrogens is 474 g/mol. The molecule has 0 fully saturated rings. The first kappa shape index (κ1) is 28.1. The van der Waals surface area contributed by atoms with Gasteiger partial charge in [0.25, 0.3) is 11.5 Å². The number of carbonyl (C=O) groups excluding carboxylic acids is 1. The number of aromatic nitrogens is 2. The summed E-state index contributed by atoms with van der Waals surface area (Å²) in [4.78, 5) is 33.2. The van der Waals surface area contributed by atoms with Gasteiger partial charge in [-0.25, -0.2) is 0 Å². The minimum Gasteiger partial charge on any atom is -0.384 e. The standard InChI is InChI=1S/C29H29N5O2.C2H6/c1-20-15-23(10-11-26(20)28(30)31-2)18-33-29(36)24-12-13-32-25(17-24)16-21-6-8-22(9-7-21)19-34-14-4-3-5-27(34)35;1-2/h3-15,17H,16,18-19H2,1-2H3,(H2,30,31)(H,33,36);1-2H3. The molecule has 0 aliphatic heterocycles. The van der Waals surface area contributed by atoms with E-state index >= 15 is 0 Å². The Kier molecular flexibility index (Phi) is 10.1. The zero-order chi connectivity index (χ0) is 27.5. The number of hydrogen-bond donors (Lipinski definition) is 2. The van der Waals surface area contributed by atoms with Gasteiger partial charge in [0.15, 0.2) is 0 Å². The maximum Gasteiger partial charge on any atom is 0.251 e. The van der Waals surface area contributed by atoms with Crippen molar-refractivity contribution < 1.29 is 4.79 Å². The molecule has 0 spiro atoms. The van der Waals surface area contributed by atoms with E-state index in [9.17, 15) is 9.59 Å². The Labute approximate surface area is 224 Å². The topological polar surface area (TPSA) is 102 Å². The lowest BCUT2D eigenvalue weighted by atomic mass is 10.0. The number of benzene rings is 2. The molecular formula is C31H35N5O2. The van der Waals surface area contributed by atoms with Crippen molar-refractivity contribution in [3.8, 4) is 0 Å². The summed E-state index contributed by atoms with van der Waals surface area (Å²) in [5.41, 5.74) is 12.3. The first-order valence-corrected chi connectivity index (χ1v) is 12.7. The Bertz CT molecular complexity index is 1460. The molecule has 2 aromatic heterocycles. The van der Waals surface area contributed by atoms with Gasteiger partial charge in [-0.1, -0.05) is 62.4 Å². The molecule has 2 aromatic carbocycles. The van der Waals surface area contributed by atoms with Gasteiger partial charge in [-0.15, -0.1) is 0 Å². The molecule has 0 radical (unpaired) electrons. The van der Waals surface area contributed by atoms with Crippen molar-refractivity contribution in [3.63, 3.8) is 0 Å². The third kappa shape index (κ3) is 7.49. The predicted molar refractivity (Wildman–Crippen MR) is 154 cm³/mol. The Morgan fingerprint density at radius 2 is 1.68 bits per heavy atom. The summed E-state index contributed by atoms with van der Waals surface area (Å²) in [6.45, 7) is 6.91. The van der Waals surface area contributed by atoms with Gasteiger partial charge in [0, 0.05) is 55.3 Å². The second-order valence-electron chi connectivity index (χ2n) is 8.64. The van der Waals surface area contributed by atoms with E-state index in [-0.39, 0.29) is 11.5 Å². The maximum absolute atomic E-state index is 12.8. The van der Waals surface area contributed by atoms with E-state index in [2.05, 4.69) is 15.3 Å². The molecule has 196 valence electrons. The van der Waals surface area contributed by atoms with Gasteiger partial charge >= 0.3 is 0 Å². The zero-order valence-corrected chi connectivity index (χ0v) is 22.4. The average molecular weight is 510 g/mol. The summed E-state index contributed by atoms with van der Waals surface area (Å²) in [7, 11) is 1.66. The number of aryl methyl sites for hydroxylation is 1. The zero-order valence-electron chi connectivity index (χ0n) is 22.4. The minimum atomic E-state index is -0.154. The van der Waals surface area contributed by atoms with Crippen LogP contribution in [-0.2, 0) is 19.5 Å². The maximum atomic E-state index is 12.8. The van der Waals surface area contributed by atoms with E-state index in [0.29, 0.717) is 30.9 Å². The molecule has 4 rings (SSSR count). The van der Waals surface area contributed by atoms with Crippen LogP contribution < -0.4 is 16.6 Å². The largest absolute Gasteiger partial charge is 0.384 e. The van der Waals surface area contributed by atoms with Gasteiger partial charge in [-0.05, 0) is 47.4 Å². The van der Waals surface area contributed by atoms with Crippen molar-refractivity contribution in [1.82, 2.24) is 14.9 Å². The number of pyridine rings is 2. The molecule has 2 heterocycles. The van der Waals surface area contributed by atoms with Crippen molar-refractivity contribution in [2.24, 2.45) is 10.7 Å². The molecule has 0 saturated carbocycles. The Balaban J connectivity index is 0.00000195. The van der Waals surface area contributed by atoms with Gasteiger partial charge in [-0.2, -0.15) is 0 Å². The van der Waals surface area contributed by atoms with Gasteiger partial charge in [-0.3, -0.25) is 19.6 Å². The summed E-state index contributed by atoms with van der Waals surface area (Å²) in [6, 6.07) is 22.6. The highest BCUT2D eigenvalue weighted by Crippen LogP contribution is 2.13. The SMILES string of the molecule is CC.CN=C(N)c1ccc(CNC(=O)c2ccnc(Cc3ccc(Cn4ccccc4=O)cc3)c2)cc1C. The summed E-state index contributed by atoms with van der Waals surface area (Å²) < 4.78 is 1.67. The van der Waals surface area contributed by atoms with Crippen LogP contribution in [0.25, 0.3) is 0 Å². The molecule has 4 aromatic rings. The molecule has 0 aliphatic rings. The van der Waals surface area contributed by atoms with Crippen molar-refractivity contribution in [2.45, 2.75) is 40.3 Å². The van der Waals surface area contributed by atoms with Crippen LogP contribution in [0.3, 0.4) is 0 Å². The highest BCUT2D eigenvalue weighted by Gasteiger charge is 2.09. The minimum absolute atomic E-state index is 0.0244. The number of nitrogens with zero attached hydrogens (tertiary/aromatic N) is 3. The Morgan fingerprint density at radius 1 is 0.974 bits per heavy atom. The monoisotopic (exact) mass is 509 g/mol. The third-order valence-corrected chi connectivity index (χ3v) is 6.00. The molecule has 0 unspecified atom stereocenters. The molecule has 0 saturated heterocycles. The van der Waals surface area contributed by atoms with Gasteiger partial charge in [0.2, 0.25) is 0 Å². The highest BCUT2D eigenvalue weighted by molar-refractivity contribution is 5.98. The molecule has 3 N–H and O–H groups in total. The number of rotatable bonds is 8. The van der Waals surface area contributed by atoms with E-state index in [1.165, 1.54) is 0 Å². The number of nitrogens with two attached hydrogens (primary N) is 1. The fraction of sp³-hybridized carbons (Fsp3) is 0.226. The normalized spacial score (nSPS) is 10.9. The van der Waals surface area contributed by atoms with Gasteiger partial charge < -0.3 is 15.6 Å². The molecule has 0 aliphatic carbocycles. The number of aliphatic imine (C=N–C) groups is 1. The summed E-state index contributed by atoms with van der Waals surface area (Å²) in [6.07, 6.45) is 4.05. The van der Waals surface area contributed by atoms with Crippen LogP contribution in [-0.4, -0.2) is 28.3 Å². The number of carbonyl (C=O) groups is 1. The lowest BCUT2D eigenvalue weighted by Crippen LogP contribution is -2.23. The summed E-state index contributed by atoms with van der Waals surface area (Å²) in [5.74, 6) is 0.340. The van der Waals surface area contributed by atoms with Crippen LogP contribution >= 0.6 is 0 Å². The molecule has 0 atom stereocenters. The quantitative estimate of drug-likeness (QED) is 0.270. The van der Waals surface area contributed by atoms with Crippen molar-refractivity contribution in [2.75, 3.05) is 7.05 Å². The Hall–Kier alpha value is -4.52. The molecule has 1 amide bonds. The first-order valence-electron chi connectivity index (χ1n) is 12.7. The van der Waals surface area contributed by atoms with Crippen molar-refractivity contribution in [3.05, 3.63) is 135 Å². The van der Waals surface area contributed by atoms with E-state index in [4.69, 9.17) is 5.73 Å². The van der Waals surface area contributed by atoms with E-state index in [1.54, 1.807) is 42.2 Å². The number of nitrogens with one attached hydrogen (secondary N) is 1. The molecule has 0 bridgehead atoms. The van der Waals surface area contributed by atoms with Gasteiger partial charge in [0.05, 0.1) is 6.54 Å². The van der Waals surface area contributed by atoms with E-state index in [0.717, 1.165) is 33.5 Å². The van der Waals surface area contributed by atoms with Crippen LogP contribution in [0, 0.1) is 6.92 Å². The Morgan fingerprint density at radius 3 is 2.37 bits per heavy atom. The predicted octanol–water partition coefficient (Wildman–Crippen LogP) is 4.48.